The minimum absolute atomic E-state index is 0.0361. The number of nitrogens with one attached hydrogen (secondary N) is 1. The van der Waals surface area contributed by atoms with Gasteiger partial charge in [0.1, 0.15) is 0 Å². The van der Waals surface area contributed by atoms with Crippen molar-refractivity contribution in [2.24, 2.45) is 12.5 Å². The van der Waals surface area contributed by atoms with Crippen LogP contribution < -0.4 is 5.32 Å². The molecule has 1 aromatic heterocycles. The molecule has 1 atom stereocenters. The lowest BCUT2D eigenvalue weighted by Gasteiger charge is -2.25. The van der Waals surface area contributed by atoms with E-state index in [9.17, 15) is 9.59 Å². The average Bonchev–Trinajstić information content (AvgIpc) is 2.64. The Bertz CT molecular complexity index is 561. The van der Waals surface area contributed by atoms with E-state index >= 15 is 0 Å². The molecule has 0 aliphatic rings. The number of aromatic nitrogens is 2. The van der Waals surface area contributed by atoms with Crippen LogP contribution >= 0.6 is 0 Å². The summed E-state index contributed by atoms with van der Waals surface area (Å²) in [5.41, 5.74) is 2.45. The van der Waals surface area contributed by atoms with Crippen LogP contribution in [0.5, 0.6) is 0 Å². The first-order chi connectivity index (χ1) is 10.1. The molecule has 0 saturated carbocycles. The van der Waals surface area contributed by atoms with Crippen molar-refractivity contribution < 1.29 is 14.3 Å². The van der Waals surface area contributed by atoms with E-state index in [2.05, 4.69) is 15.2 Å². The fraction of sp³-hybridized carbons (Fsp3) is 0.688. The van der Waals surface area contributed by atoms with Crippen LogP contribution in [0.15, 0.2) is 0 Å². The Morgan fingerprint density at radius 1 is 1.36 bits per heavy atom. The van der Waals surface area contributed by atoms with Crippen LogP contribution in [0, 0.1) is 19.3 Å². The minimum atomic E-state index is -0.791. The summed E-state index contributed by atoms with van der Waals surface area (Å²) in [5, 5.41) is 7.36. The molecule has 1 aromatic rings. The predicted octanol–water partition coefficient (Wildman–Crippen LogP) is 1.67. The molecule has 6 heteroatoms. The molecule has 1 N–H and O–H groups in total. The van der Waals surface area contributed by atoms with Gasteiger partial charge in [0.05, 0.1) is 24.6 Å². The zero-order valence-electron chi connectivity index (χ0n) is 14.6. The van der Waals surface area contributed by atoms with Crippen molar-refractivity contribution in [3.05, 3.63) is 17.0 Å². The van der Waals surface area contributed by atoms with Gasteiger partial charge >= 0.3 is 5.97 Å². The highest BCUT2D eigenvalue weighted by atomic mass is 16.5. The molecular formula is C16H27N3O3. The van der Waals surface area contributed by atoms with Crippen molar-refractivity contribution in [1.29, 1.82) is 0 Å². The summed E-state index contributed by atoms with van der Waals surface area (Å²) in [4.78, 5) is 23.7. The first-order valence-electron chi connectivity index (χ1n) is 7.45. The lowest BCUT2D eigenvalue weighted by Crippen LogP contribution is -2.43. The van der Waals surface area contributed by atoms with E-state index in [0.29, 0.717) is 6.42 Å². The van der Waals surface area contributed by atoms with Gasteiger partial charge in [-0.1, -0.05) is 13.8 Å². The van der Waals surface area contributed by atoms with Gasteiger partial charge in [-0.15, -0.1) is 0 Å². The first kappa shape index (κ1) is 18.2. The van der Waals surface area contributed by atoms with Crippen LogP contribution in [0.2, 0.25) is 0 Å². The quantitative estimate of drug-likeness (QED) is 0.811. The van der Waals surface area contributed by atoms with E-state index < -0.39 is 5.41 Å². The third kappa shape index (κ3) is 4.32. The predicted molar refractivity (Wildman–Crippen MR) is 84.4 cm³/mol. The number of carbonyl (C=O) groups excluding carboxylic acids is 2. The number of aryl methyl sites for hydroxylation is 2. The molecule has 0 aliphatic carbocycles. The number of carbonyl (C=O) groups is 2. The molecule has 6 nitrogen and oxygen atoms in total. The zero-order chi connectivity index (χ0) is 17.1. The topological polar surface area (TPSA) is 73.2 Å². The highest BCUT2D eigenvalue weighted by molar-refractivity contribution is 5.86. The van der Waals surface area contributed by atoms with E-state index in [1.165, 1.54) is 7.11 Å². The number of methoxy groups -OCH3 is 1. The van der Waals surface area contributed by atoms with Crippen molar-refractivity contribution in [3.63, 3.8) is 0 Å². The largest absolute Gasteiger partial charge is 0.469 e. The average molecular weight is 309 g/mol. The van der Waals surface area contributed by atoms with Crippen molar-refractivity contribution in [3.8, 4) is 0 Å². The third-order valence-corrected chi connectivity index (χ3v) is 3.98. The summed E-state index contributed by atoms with van der Waals surface area (Å²) in [7, 11) is 3.24. The van der Waals surface area contributed by atoms with Crippen molar-refractivity contribution >= 4 is 11.9 Å². The van der Waals surface area contributed by atoms with Crippen molar-refractivity contribution in [1.82, 2.24) is 15.1 Å². The van der Waals surface area contributed by atoms with Crippen LogP contribution in [0.4, 0.5) is 0 Å². The second kappa shape index (κ2) is 6.94. The van der Waals surface area contributed by atoms with Crippen LogP contribution in [-0.2, 0) is 27.8 Å². The molecule has 0 saturated heterocycles. The molecule has 0 bridgehead atoms. The molecule has 22 heavy (non-hydrogen) atoms. The molecule has 1 rings (SSSR count). The zero-order valence-corrected chi connectivity index (χ0v) is 14.6. The first-order valence-corrected chi connectivity index (χ1v) is 7.45. The Hall–Kier alpha value is -1.85. The standard InChI is InChI=1S/C16H27N3O3/c1-10(8-13-11(2)18-19(6)12(13)3)17-15(21)16(4,5)9-14(20)22-7/h10H,8-9H2,1-7H3,(H,17,21)/t10-/m0/s1. The lowest BCUT2D eigenvalue weighted by molar-refractivity contribution is -0.147. The van der Waals surface area contributed by atoms with Gasteiger partial charge in [-0.25, -0.2) is 0 Å². The molecule has 0 radical (unpaired) electrons. The Kier molecular flexibility index (Phi) is 5.74. The van der Waals surface area contributed by atoms with E-state index in [1.54, 1.807) is 13.8 Å². The summed E-state index contributed by atoms with van der Waals surface area (Å²) in [6, 6.07) is -0.0361. The highest BCUT2D eigenvalue weighted by Gasteiger charge is 2.32. The second-order valence-corrected chi connectivity index (χ2v) is 6.49. The number of hydrogen-bond acceptors (Lipinski definition) is 4. The summed E-state index contributed by atoms with van der Waals surface area (Å²) in [6.45, 7) is 9.43. The SMILES string of the molecule is COC(=O)CC(C)(C)C(=O)N[C@@H](C)Cc1c(C)nn(C)c1C. The molecular weight excluding hydrogens is 282 g/mol. The van der Waals surface area contributed by atoms with E-state index in [4.69, 9.17) is 0 Å². The number of nitrogens with zero attached hydrogens (tertiary/aromatic N) is 2. The van der Waals surface area contributed by atoms with Gasteiger partial charge in [0.15, 0.2) is 0 Å². The van der Waals surface area contributed by atoms with Crippen LogP contribution in [0.25, 0.3) is 0 Å². The van der Waals surface area contributed by atoms with Gasteiger partial charge in [0.2, 0.25) is 5.91 Å². The molecule has 0 unspecified atom stereocenters. The molecule has 0 fully saturated rings. The Labute approximate surface area is 132 Å². The maximum Gasteiger partial charge on any atom is 0.306 e. The molecule has 0 aromatic carbocycles. The summed E-state index contributed by atoms with van der Waals surface area (Å²) in [6.07, 6.45) is 0.776. The van der Waals surface area contributed by atoms with Gasteiger partial charge in [0, 0.05) is 18.8 Å². The number of esters is 1. The maximum absolute atomic E-state index is 12.4. The number of amides is 1. The van der Waals surface area contributed by atoms with Crippen molar-refractivity contribution in [2.45, 2.75) is 53.5 Å². The monoisotopic (exact) mass is 309 g/mol. The normalized spacial score (nSPS) is 12.9. The minimum Gasteiger partial charge on any atom is -0.469 e. The van der Waals surface area contributed by atoms with Crippen molar-refractivity contribution in [2.75, 3.05) is 7.11 Å². The molecule has 124 valence electrons. The highest BCUT2D eigenvalue weighted by Crippen LogP contribution is 2.22. The van der Waals surface area contributed by atoms with Gasteiger partial charge in [-0.05, 0) is 32.8 Å². The van der Waals surface area contributed by atoms with Gasteiger partial charge in [0.25, 0.3) is 0 Å². The summed E-state index contributed by atoms with van der Waals surface area (Å²) in [5.74, 6) is -0.531. The fourth-order valence-electron chi connectivity index (χ4n) is 2.40. The Balaban J connectivity index is 2.70. The summed E-state index contributed by atoms with van der Waals surface area (Å²) < 4.78 is 6.49. The smallest absolute Gasteiger partial charge is 0.306 e. The van der Waals surface area contributed by atoms with Gasteiger partial charge < -0.3 is 10.1 Å². The maximum atomic E-state index is 12.4. The molecule has 1 amide bonds. The van der Waals surface area contributed by atoms with E-state index in [-0.39, 0.29) is 24.3 Å². The molecule has 0 spiro atoms. The van der Waals surface area contributed by atoms with Gasteiger partial charge in [-0.3, -0.25) is 14.3 Å². The van der Waals surface area contributed by atoms with Crippen LogP contribution in [0.3, 0.4) is 0 Å². The number of ether oxygens (including phenoxy) is 1. The third-order valence-electron chi connectivity index (χ3n) is 3.98. The molecule has 1 heterocycles. The lowest BCUT2D eigenvalue weighted by atomic mass is 9.88. The Morgan fingerprint density at radius 3 is 2.41 bits per heavy atom. The fourth-order valence-corrected chi connectivity index (χ4v) is 2.40. The van der Waals surface area contributed by atoms with Crippen LogP contribution in [-0.4, -0.2) is 34.8 Å². The molecule has 0 aliphatic heterocycles. The van der Waals surface area contributed by atoms with E-state index in [1.807, 2.05) is 32.5 Å². The number of hydrogen-bond donors (Lipinski definition) is 1. The van der Waals surface area contributed by atoms with Crippen LogP contribution in [0.1, 0.15) is 44.1 Å². The Morgan fingerprint density at radius 2 is 1.95 bits per heavy atom. The number of rotatable bonds is 6. The van der Waals surface area contributed by atoms with E-state index in [0.717, 1.165) is 17.0 Å². The van der Waals surface area contributed by atoms with Gasteiger partial charge in [-0.2, -0.15) is 5.10 Å². The second-order valence-electron chi connectivity index (χ2n) is 6.49. The summed E-state index contributed by atoms with van der Waals surface area (Å²) >= 11 is 0.